The van der Waals surface area contributed by atoms with Crippen LogP contribution >= 0.6 is 0 Å². The molecular weight excluding hydrogens is 314 g/mol. The van der Waals surface area contributed by atoms with Crippen LogP contribution in [0.25, 0.3) is 0 Å². The predicted molar refractivity (Wildman–Crippen MR) is 97.0 cm³/mol. The largest absolute Gasteiger partial charge is 0.367 e. The van der Waals surface area contributed by atoms with Crippen LogP contribution in [-0.4, -0.2) is 54.0 Å². The normalized spacial score (nSPS) is 17.9. The molecule has 0 unspecified atom stereocenters. The number of methoxy groups -OCH3 is 1. The standard InChI is InChI=1S/C20H25N3O2/c1-16(18-9-6-10-21-15-18)22-11-13-23(14-12-22)20(24)19(25-2)17-7-4-3-5-8-17/h3-10,15-16,19H,11-14H2,1-2H3/t16-,19-/m0/s1. The van der Waals surface area contributed by atoms with Crippen molar-refractivity contribution < 1.29 is 9.53 Å². The van der Waals surface area contributed by atoms with Crippen molar-refractivity contribution in [3.8, 4) is 0 Å². The van der Waals surface area contributed by atoms with Gasteiger partial charge < -0.3 is 9.64 Å². The number of rotatable bonds is 5. The Morgan fingerprint density at radius 2 is 1.72 bits per heavy atom. The fourth-order valence-electron chi connectivity index (χ4n) is 3.34. The van der Waals surface area contributed by atoms with Crippen LogP contribution < -0.4 is 0 Å². The second kappa shape index (κ2) is 8.23. The molecule has 5 heteroatoms. The van der Waals surface area contributed by atoms with Crippen molar-refractivity contribution in [2.24, 2.45) is 0 Å². The number of hydrogen-bond donors (Lipinski definition) is 0. The Hall–Kier alpha value is -2.24. The molecule has 132 valence electrons. The summed E-state index contributed by atoms with van der Waals surface area (Å²) in [5.41, 5.74) is 2.11. The smallest absolute Gasteiger partial charge is 0.256 e. The number of carbonyl (C=O) groups excluding carboxylic acids is 1. The number of benzene rings is 1. The molecule has 5 nitrogen and oxygen atoms in total. The van der Waals surface area contributed by atoms with E-state index in [1.807, 2.05) is 47.5 Å². The Bertz CT molecular complexity index is 670. The summed E-state index contributed by atoms with van der Waals surface area (Å²) < 4.78 is 5.48. The van der Waals surface area contributed by atoms with Crippen LogP contribution in [0.15, 0.2) is 54.9 Å². The molecule has 1 aromatic carbocycles. The van der Waals surface area contributed by atoms with Gasteiger partial charge in [0.1, 0.15) is 0 Å². The molecule has 0 N–H and O–H groups in total. The molecule has 2 atom stereocenters. The molecule has 2 aromatic rings. The molecule has 1 amide bonds. The lowest BCUT2D eigenvalue weighted by molar-refractivity contribution is -0.144. The van der Waals surface area contributed by atoms with E-state index in [4.69, 9.17) is 4.74 Å². The molecular formula is C20H25N3O2. The minimum absolute atomic E-state index is 0.0439. The van der Waals surface area contributed by atoms with Gasteiger partial charge in [0.2, 0.25) is 0 Å². The lowest BCUT2D eigenvalue weighted by Crippen LogP contribution is -2.50. The third-order valence-electron chi connectivity index (χ3n) is 4.90. The van der Waals surface area contributed by atoms with E-state index in [9.17, 15) is 4.79 Å². The van der Waals surface area contributed by atoms with Crippen LogP contribution in [0.1, 0.15) is 30.2 Å². The monoisotopic (exact) mass is 339 g/mol. The van der Waals surface area contributed by atoms with E-state index in [1.54, 1.807) is 13.3 Å². The van der Waals surface area contributed by atoms with E-state index in [-0.39, 0.29) is 5.91 Å². The molecule has 2 heterocycles. The van der Waals surface area contributed by atoms with E-state index < -0.39 is 6.10 Å². The summed E-state index contributed by atoms with van der Waals surface area (Å²) in [5.74, 6) is 0.0439. The minimum atomic E-state index is -0.525. The zero-order chi connectivity index (χ0) is 17.6. The van der Waals surface area contributed by atoms with Gasteiger partial charge in [0.15, 0.2) is 6.10 Å². The Morgan fingerprint density at radius 3 is 2.32 bits per heavy atom. The number of ether oxygens (including phenoxy) is 1. The number of piperazine rings is 1. The Kier molecular flexibility index (Phi) is 5.79. The van der Waals surface area contributed by atoms with E-state index in [1.165, 1.54) is 5.56 Å². The van der Waals surface area contributed by atoms with Gasteiger partial charge in [-0.15, -0.1) is 0 Å². The highest BCUT2D eigenvalue weighted by atomic mass is 16.5. The molecule has 1 aliphatic heterocycles. The van der Waals surface area contributed by atoms with Crippen LogP contribution in [0.5, 0.6) is 0 Å². The molecule has 3 rings (SSSR count). The van der Waals surface area contributed by atoms with E-state index >= 15 is 0 Å². The quantitative estimate of drug-likeness (QED) is 0.840. The van der Waals surface area contributed by atoms with Gasteiger partial charge in [-0.3, -0.25) is 14.7 Å². The van der Waals surface area contributed by atoms with Crippen LogP contribution in [0.2, 0.25) is 0 Å². The van der Waals surface area contributed by atoms with Crippen molar-refractivity contribution in [3.05, 3.63) is 66.0 Å². The first-order chi connectivity index (χ1) is 12.2. The number of amides is 1. The minimum Gasteiger partial charge on any atom is -0.367 e. The van der Waals surface area contributed by atoms with Gasteiger partial charge in [-0.2, -0.15) is 0 Å². The Labute approximate surface area is 149 Å². The molecule has 1 fully saturated rings. The number of carbonyl (C=O) groups is 1. The molecule has 25 heavy (non-hydrogen) atoms. The Morgan fingerprint density at radius 1 is 1.04 bits per heavy atom. The molecule has 0 spiro atoms. The number of aromatic nitrogens is 1. The SMILES string of the molecule is CO[C@H](C(=O)N1CCN([C@@H](C)c2cccnc2)CC1)c1ccccc1. The number of nitrogens with zero attached hydrogens (tertiary/aromatic N) is 3. The summed E-state index contributed by atoms with van der Waals surface area (Å²) in [6, 6.07) is 14.1. The van der Waals surface area contributed by atoms with Crippen LogP contribution in [-0.2, 0) is 9.53 Å². The predicted octanol–water partition coefficient (Wildman–Crippen LogP) is 2.67. The molecule has 0 aliphatic carbocycles. The number of hydrogen-bond acceptors (Lipinski definition) is 4. The van der Waals surface area contributed by atoms with Crippen molar-refractivity contribution in [1.82, 2.24) is 14.8 Å². The molecule has 1 saturated heterocycles. The zero-order valence-corrected chi connectivity index (χ0v) is 14.8. The third-order valence-corrected chi connectivity index (χ3v) is 4.90. The molecule has 0 radical (unpaired) electrons. The fraction of sp³-hybridized carbons (Fsp3) is 0.400. The van der Waals surface area contributed by atoms with E-state index in [0.29, 0.717) is 6.04 Å². The maximum atomic E-state index is 12.8. The van der Waals surface area contributed by atoms with Gasteiger partial charge in [0.25, 0.3) is 5.91 Å². The second-order valence-corrected chi connectivity index (χ2v) is 6.35. The first-order valence-electron chi connectivity index (χ1n) is 8.71. The topological polar surface area (TPSA) is 45.7 Å². The maximum absolute atomic E-state index is 12.8. The van der Waals surface area contributed by atoms with Crippen molar-refractivity contribution in [2.75, 3.05) is 33.3 Å². The van der Waals surface area contributed by atoms with Crippen LogP contribution in [0, 0.1) is 0 Å². The van der Waals surface area contributed by atoms with Crippen molar-refractivity contribution >= 4 is 5.91 Å². The third kappa shape index (κ3) is 4.06. The van der Waals surface area contributed by atoms with E-state index in [0.717, 1.165) is 31.7 Å². The van der Waals surface area contributed by atoms with Crippen molar-refractivity contribution in [2.45, 2.75) is 19.1 Å². The second-order valence-electron chi connectivity index (χ2n) is 6.35. The molecule has 0 saturated carbocycles. The Balaban J connectivity index is 1.61. The van der Waals surface area contributed by atoms with Crippen LogP contribution in [0.3, 0.4) is 0 Å². The van der Waals surface area contributed by atoms with Gasteiger partial charge in [-0.05, 0) is 24.1 Å². The van der Waals surface area contributed by atoms with E-state index in [2.05, 4.69) is 22.9 Å². The highest BCUT2D eigenvalue weighted by molar-refractivity contribution is 5.82. The number of pyridine rings is 1. The van der Waals surface area contributed by atoms with Crippen LogP contribution in [0.4, 0.5) is 0 Å². The fourth-order valence-corrected chi connectivity index (χ4v) is 3.34. The summed E-state index contributed by atoms with van der Waals surface area (Å²) in [7, 11) is 1.59. The average molecular weight is 339 g/mol. The summed E-state index contributed by atoms with van der Waals surface area (Å²) in [4.78, 5) is 21.4. The van der Waals surface area contributed by atoms with Crippen molar-refractivity contribution in [3.63, 3.8) is 0 Å². The zero-order valence-electron chi connectivity index (χ0n) is 14.8. The maximum Gasteiger partial charge on any atom is 0.256 e. The highest BCUT2D eigenvalue weighted by Gasteiger charge is 2.30. The van der Waals surface area contributed by atoms with Gasteiger partial charge in [-0.1, -0.05) is 36.4 Å². The summed E-state index contributed by atoms with van der Waals surface area (Å²) >= 11 is 0. The lowest BCUT2D eigenvalue weighted by atomic mass is 10.1. The summed E-state index contributed by atoms with van der Waals surface area (Å²) in [5, 5.41) is 0. The molecule has 0 bridgehead atoms. The van der Waals surface area contributed by atoms with Gasteiger partial charge in [-0.25, -0.2) is 0 Å². The van der Waals surface area contributed by atoms with Gasteiger partial charge in [0, 0.05) is 51.7 Å². The van der Waals surface area contributed by atoms with Crippen molar-refractivity contribution in [1.29, 1.82) is 0 Å². The van der Waals surface area contributed by atoms with Gasteiger partial charge >= 0.3 is 0 Å². The average Bonchev–Trinajstić information content (AvgIpc) is 2.69. The summed E-state index contributed by atoms with van der Waals surface area (Å²) in [6.07, 6.45) is 3.18. The highest BCUT2D eigenvalue weighted by Crippen LogP contribution is 2.23. The lowest BCUT2D eigenvalue weighted by Gasteiger charge is -2.39. The first kappa shape index (κ1) is 17.6. The van der Waals surface area contributed by atoms with Gasteiger partial charge in [0.05, 0.1) is 0 Å². The molecule has 1 aromatic heterocycles. The molecule has 1 aliphatic rings. The first-order valence-corrected chi connectivity index (χ1v) is 8.71. The summed E-state index contributed by atoms with van der Waals surface area (Å²) in [6.45, 7) is 5.34.